The number of nitrogens with one attached hydrogen (secondary N) is 2. The number of hydrogen-bond acceptors (Lipinski definition) is 7. The molecule has 0 bridgehead atoms. The number of esters is 1. The summed E-state index contributed by atoms with van der Waals surface area (Å²) in [5, 5.41) is 8.82. The van der Waals surface area contributed by atoms with Crippen LogP contribution in [0.2, 0.25) is 0 Å². The number of amides is 1. The molecule has 0 spiro atoms. The first-order chi connectivity index (χ1) is 14.6. The quantitative estimate of drug-likeness (QED) is 0.220. The normalized spacial score (nSPS) is 14.5. The summed E-state index contributed by atoms with van der Waals surface area (Å²) in [6.45, 7) is 3.30. The summed E-state index contributed by atoms with van der Waals surface area (Å²) < 4.78 is 28.3. The summed E-state index contributed by atoms with van der Waals surface area (Å²) in [6, 6.07) is 7.64. The maximum Gasteiger partial charge on any atom is 0.308 e. The van der Waals surface area contributed by atoms with Crippen LogP contribution in [0.3, 0.4) is 0 Å². The minimum absolute atomic E-state index is 0.0356. The molecular weight excluding hydrogens is 420 g/mol. The third kappa shape index (κ3) is 8.59. The van der Waals surface area contributed by atoms with E-state index in [1.165, 1.54) is 7.11 Å². The molecule has 2 atom stereocenters. The van der Waals surface area contributed by atoms with E-state index in [1.807, 2.05) is 31.2 Å². The number of aliphatic hydroxyl groups excluding tert-OH is 1. The number of aliphatic hydroxyl groups is 1. The lowest BCUT2D eigenvalue weighted by Crippen LogP contribution is -2.47. The van der Waals surface area contributed by atoms with E-state index in [9.17, 15) is 18.0 Å². The Hall–Kier alpha value is -1.97. The zero-order chi connectivity index (χ0) is 23.5. The van der Waals surface area contributed by atoms with Crippen molar-refractivity contribution >= 4 is 21.7 Å². The molecule has 31 heavy (non-hydrogen) atoms. The number of carbonyl (C=O) groups is 2. The van der Waals surface area contributed by atoms with Gasteiger partial charge in [-0.05, 0) is 37.3 Å². The van der Waals surface area contributed by atoms with Gasteiger partial charge in [-0.2, -0.15) is 0 Å². The van der Waals surface area contributed by atoms with Gasteiger partial charge in [0, 0.05) is 7.05 Å². The molecule has 9 heteroatoms. The Labute approximate surface area is 185 Å². The van der Waals surface area contributed by atoms with Crippen molar-refractivity contribution in [1.82, 2.24) is 10.9 Å². The first-order valence-electron chi connectivity index (χ1n) is 10.6. The number of hydrogen-bond donors (Lipinski definition) is 3. The number of ether oxygens (including phenoxy) is 1. The standard InChI is InChI=1S/C22H36N2O6S/c1-17(20(26)30-4)15-18-9-8-10-19(16-18)22(2,21(27)24-23-3)11-6-5-7-13-31(28,29)14-12-25/h8-10,16-17,23,25H,5-7,11-15H2,1-4H3,(H,24,27)/t17-,22?/m0/s1. The van der Waals surface area contributed by atoms with Crippen molar-refractivity contribution in [3.63, 3.8) is 0 Å². The molecule has 1 amide bonds. The van der Waals surface area contributed by atoms with Gasteiger partial charge in [-0.1, -0.05) is 44.0 Å². The number of sulfone groups is 1. The van der Waals surface area contributed by atoms with Gasteiger partial charge in [0.1, 0.15) is 0 Å². The summed E-state index contributed by atoms with van der Waals surface area (Å²) in [4.78, 5) is 24.6. The van der Waals surface area contributed by atoms with Crippen molar-refractivity contribution in [1.29, 1.82) is 0 Å². The predicted octanol–water partition coefficient (Wildman–Crippen LogP) is 1.51. The van der Waals surface area contributed by atoms with E-state index in [4.69, 9.17) is 9.84 Å². The van der Waals surface area contributed by atoms with Gasteiger partial charge in [0.2, 0.25) is 5.91 Å². The highest BCUT2D eigenvalue weighted by Gasteiger charge is 2.34. The first-order valence-corrected chi connectivity index (χ1v) is 12.4. The smallest absolute Gasteiger partial charge is 0.308 e. The van der Waals surface area contributed by atoms with Crippen LogP contribution in [0.4, 0.5) is 0 Å². The van der Waals surface area contributed by atoms with Crippen LogP contribution < -0.4 is 10.9 Å². The Balaban J connectivity index is 2.91. The van der Waals surface area contributed by atoms with E-state index in [0.29, 0.717) is 32.1 Å². The minimum atomic E-state index is -3.23. The van der Waals surface area contributed by atoms with Gasteiger partial charge < -0.3 is 9.84 Å². The van der Waals surface area contributed by atoms with Crippen LogP contribution in [-0.2, 0) is 36.0 Å². The molecule has 0 fully saturated rings. The zero-order valence-electron chi connectivity index (χ0n) is 18.9. The van der Waals surface area contributed by atoms with Crippen LogP contribution in [0.15, 0.2) is 24.3 Å². The Morgan fingerprint density at radius 3 is 2.52 bits per heavy atom. The largest absolute Gasteiger partial charge is 0.469 e. The molecule has 176 valence electrons. The van der Waals surface area contributed by atoms with Crippen molar-refractivity contribution in [3.8, 4) is 0 Å². The van der Waals surface area contributed by atoms with Crippen LogP contribution >= 0.6 is 0 Å². The molecule has 0 aromatic heterocycles. The van der Waals surface area contributed by atoms with Gasteiger partial charge in [-0.3, -0.25) is 15.0 Å². The fourth-order valence-electron chi connectivity index (χ4n) is 3.54. The fourth-order valence-corrected chi connectivity index (χ4v) is 4.66. The van der Waals surface area contributed by atoms with E-state index in [1.54, 1.807) is 14.0 Å². The molecule has 0 heterocycles. The summed E-state index contributed by atoms with van der Waals surface area (Å²) >= 11 is 0. The molecule has 1 aromatic rings. The number of benzene rings is 1. The molecule has 1 rings (SSSR count). The number of hydrazine groups is 1. The third-order valence-electron chi connectivity index (χ3n) is 5.48. The highest BCUT2D eigenvalue weighted by molar-refractivity contribution is 7.91. The lowest BCUT2D eigenvalue weighted by atomic mass is 9.76. The molecule has 0 aliphatic heterocycles. The molecule has 0 aliphatic carbocycles. The van der Waals surface area contributed by atoms with E-state index in [2.05, 4.69) is 10.9 Å². The minimum Gasteiger partial charge on any atom is -0.469 e. The SMILES string of the molecule is CNNC(=O)C(C)(CCCCCS(=O)(=O)CCO)c1cccc(C[C@H](C)C(=O)OC)c1. The molecule has 3 N–H and O–H groups in total. The van der Waals surface area contributed by atoms with Crippen molar-refractivity contribution < 1.29 is 27.9 Å². The van der Waals surface area contributed by atoms with Gasteiger partial charge in [-0.15, -0.1) is 0 Å². The second-order valence-corrected chi connectivity index (χ2v) is 10.4. The second-order valence-electron chi connectivity index (χ2n) is 8.05. The Morgan fingerprint density at radius 2 is 1.90 bits per heavy atom. The molecule has 0 saturated carbocycles. The van der Waals surface area contributed by atoms with Crippen molar-refractivity contribution in [2.45, 2.75) is 51.4 Å². The molecule has 0 aliphatic rings. The fraction of sp³-hybridized carbons (Fsp3) is 0.636. The number of methoxy groups -OCH3 is 1. The average Bonchev–Trinajstić information content (AvgIpc) is 2.72. The summed E-state index contributed by atoms with van der Waals surface area (Å²) in [6.07, 6.45) is 2.86. The highest BCUT2D eigenvalue weighted by atomic mass is 32.2. The Morgan fingerprint density at radius 1 is 1.19 bits per heavy atom. The van der Waals surface area contributed by atoms with Crippen LogP contribution in [0, 0.1) is 5.92 Å². The number of unbranched alkanes of at least 4 members (excludes halogenated alkanes) is 2. The second kappa shape index (κ2) is 12.8. The lowest BCUT2D eigenvalue weighted by molar-refractivity contribution is -0.144. The molecule has 8 nitrogen and oxygen atoms in total. The molecular formula is C22H36N2O6S. The van der Waals surface area contributed by atoms with Gasteiger partial charge in [0.05, 0.1) is 36.6 Å². The number of carbonyl (C=O) groups excluding carboxylic acids is 2. The maximum atomic E-state index is 12.9. The van der Waals surface area contributed by atoms with Crippen molar-refractivity contribution in [2.24, 2.45) is 5.92 Å². The van der Waals surface area contributed by atoms with Gasteiger partial charge >= 0.3 is 5.97 Å². The summed E-state index contributed by atoms with van der Waals surface area (Å²) in [7, 11) is -0.240. The van der Waals surface area contributed by atoms with E-state index >= 15 is 0 Å². The van der Waals surface area contributed by atoms with Crippen molar-refractivity contribution in [3.05, 3.63) is 35.4 Å². The predicted molar refractivity (Wildman–Crippen MR) is 120 cm³/mol. The topological polar surface area (TPSA) is 122 Å². The monoisotopic (exact) mass is 456 g/mol. The Bertz CT molecular complexity index is 827. The van der Waals surface area contributed by atoms with E-state index in [-0.39, 0.29) is 35.9 Å². The average molecular weight is 457 g/mol. The highest BCUT2D eigenvalue weighted by Crippen LogP contribution is 2.31. The van der Waals surface area contributed by atoms with E-state index in [0.717, 1.165) is 11.1 Å². The summed E-state index contributed by atoms with van der Waals surface area (Å²) in [5.41, 5.74) is 6.30. The van der Waals surface area contributed by atoms with Crippen LogP contribution in [0.25, 0.3) is 0 Å². The Kier molecular flexibility index (Phi) is 11.2. The van der Waals surface area contributed by atoms with Gasteiger partial charge in [0.15, 0.2) is 9.84 Å². The van der Waals surface area contributed by atoms with Crippen LogP contribution in [-0.4, -0.2) is 57.7 Å². The molecule has 0 saturated heterocycles. The molecule has 0 radical (unpaired) electrons. The zero-order valence-corrected chi connectivity index (χ0v) is 19.8. The van der Waals surface area contributed by atoms with Crippen molar-refractivity contribution in [2.75, 3.05) is 32.3 Å². The molecule has 1 unspecified atom stereocenters. The number of rotatable bonds is 14. The third-order valence-corrected chi connectivity index (χ3v) is 7.20. The molecule has 1 aromatic carbocycles. The van der Waals surface area contributed by atoms with Crippen LogP contribution in [0.1, 0.15) is 50.7 Å². The lowest BCUT2D eigenvalue weighted by Gasteiger charge is -2.29. The van der Waals surface area contributed by atoms with Gasteiger partial charge in [0.25, 0.3) is 0 Å². The van der Waals surface area contributed by atoms with E-state index < -0.39 is 15.3 Å². The van der Waals surface area contributed by atoms with Gasteiger partial charge in [-0.25, -0.2) is 13.8 Å². The maximum absolute atomic E-state index is 12.9. The first kappa shape index (κ1) is 27.1. The summed E-state index contributed by atoms with van der Waals surface area (Å²) in [5.74, 6) is -0.934. The van der Waals surface area contributed by atoms with Crippen LogP contribution in [0.5, 0.6) is 0 Å².